The van der Waals surface area contributed by atoms with Crippen LogP contribution in [0.4, 0.5) is 10.3 Å². The monoisotopic (exact) mass is 210 g/mol. The van der Waals surface area contributed by atoms with Gasteiger partial charge in [0.25, 0.3) is 0 Å². The lowest BCUT2D eigenvalue weighted by molar-refractivity contribution is 0.315. The molecule has 0 unspecified atom stereocenters. The Hall–Kier alpha value is -1.72. The van der Waals surface area contributed by atoms with Crippen molar-refractivity contribution in [1.29, 1.82) is 0 Å². The summed E-state index contributed by atoms with van der Waals surface area (Å²) in [4.78, 5) is 9.72. The average molecular weight is 210 g/mol. The lowest BCUT2D eigenvalue weighted by Crippen LogP contribution is -2.35. The van der Waals surface area contributed by atoms with Crippen LogP contribution in [0.15, 0.2) is 17.5 Å². The van der Waals surface area contributed by atoms with E-state index in [1.807, 2.05) is 4.90 Å². The smallest absolute Gasteiger partial charge is 0.225 e. The van der Waals surface area contributed by atoms with Gasteiger partial charge < -0.3 is 10.1 Å². The first kappa shape index (κ1) is 9.82. The second-order valence-corrected chi connectivity index (χ2v) is 3.35. The predicted octanol–water partition coefficient (Wildman–Crippen LogP) is 1.05. The maximum Gasteiger partial charge on any atom is 0.225 e. The van der Waals surface area contributed by atoms with Crippen LogP contribution in [0.25, 0.3) is 0 Å². The van der Waals surface area contributed by atoms with Gasteiger partial charge in [-0.1, -0.05) is 5.16 Å². The Morgan fingerprint density at radius 3 is 2.40 bits per heavy atom. The van der Waals surface area contributed by atoms with Crippen molar-refractivity contribution < 1.29 is 9.60 Å². The van der Waals surface area contributed by atoms with E-state index in [-0.39, 0.29) is 0 Å². The van der Waals surface area contributed by atoms with Crippen LogP contribution in [0, 0.1) is 5.82 Å². The summed E-state index contributed by atoms with van der Waals surface area (Å²) in [7, 11) is 0. The van der Waals surface area contributed by atoms with Crippen molar-refractivity contribution in [1.82, 2.24) is 9.97 Å². The van der Waals surface area contributed by atoms with Gasteiger partial charge in [0.2, 0.25) is 5.95 Å². The Labute approximate surface area is 86.3 Å². The van der Waals surface area contributed by atoms with Crippen LogP contribution in [0.3, 0.4) is 0 Å². The zero-order valence-corrected chi connectivity index (χ0v) is 8.10. The molecule has 0 amide bonds. The topological polar surface area (TPSA) is 61.6 Å². The molecule has 0 saturated carbocycles. The Kier molecular flexibility index (Phi) is 2.75. The van der Waals surface area contributed by atoms with Crippen LogP contribution >= 0.6 is 0 Å². The second-order valence-electron chi connectivity index (χ2n) is 3.35. The molecule has 0 aromatic carbocycles. The first-order chi connectivity index (χ1) is 7.29. The zero-order chi connectivity index (χ0) is 10.7. The van der Waals surface area contributed by atoms with Crippen molar-refractivity contribution >= 4 is 11.7 Å². The molecule has 1 saturated heterocycles. The lowest BCUT2D eigenvalue weighted by atomic mass is 10.1. The van der Waals surface area contributed by atoms with Crippen molar-refractivity contribution in [2.45, 2.75) is 12.8 Å². The Morgan fingerprint density at radius 2 is 1.87 bits per heavy atom. The van der Waals surface area contributed by atoms with Gasteiger partial charge in [0, 0.05) is 25.9 Å². The summed E-state index contributed by atoms with van der Waals surface area (Å²) in [6.45, 7) is 1.40. The van der Waals surface area contributed by atoms with Gasteiger partial charge in [-0.3, -0.25) is 0 Å². The molecule has 0 aliphatic carbocycles. The largest absolute Gasteiger partial charge is 0.411 e. The molecule has 0 spiro atoms. The summed E-state index contributed by atoms with van der Waals surface area (Å²) in [5.74, 6) is 0.0850. The van der Waals surface area contributed by atoms with Crippen molar-refractivity contribution in [2.24, 2.45) is 5.16 Å². The van der Waals surface area contributed by atoms with E-state index < -0.39 is 5.82 Å². The summed E-state index contributed by atoms with van der Waals surface area (Å²) < 4.78 is 12.6. The molecule has 1 N–H and O–H groups in total. The van der Waals surface area contributed by atoms with Gasteiger partial charge >= 0.3 is 0 Å². The van der Waals surface area contributed by atoms with E-state index in [4.69, 9.17) is 5.21 Å². The highest BCUT2D eigenvalue weighted by Crippen LogP contribution is 2.13. The van der Waals surface area contributed by atoms with E-state index in [0.29, 0.717) is 31.9 Å². The molecule has 1 aromatic heterocycles. The standard InChI is InChI=1S/C9H11FN4O/c10-7-5-11-9(12-6-7)14-3-1-8(13-15)2-4-14/h5-6,15H,1-4H2. The molecule has 2 rings (SSSR count). The molecule has 0 bridgehead atoms. The van der Waals surface area contributed by atoms with E-state index in [0.717, 1.165) is 18.1 Å². The van der Waals surface area contributed by atoms with Crippen molar-refractivity contribution in [3.05, 3.63) is 18.2 Å². The SMILES string of the molecule is ON=C1CCN(c2ncc(F)cn2)CC1. The number of rotatable bonds is 1. The predicted molar refractivity (Wildman–Crippen MR) is 52.7 cm³/mol. The molecule has 1 aliphatic rings. The van der Waals surface area contributed by atoms with Crippen molar-refractivity contribution in [2.75, 3.05) is 18.0 Å². The number of nitrogens with zero attached hydrogens (tertiary/aromatic N) is 4. The minimum atomic E-state index is -0.437. The third kappa shape index (κ3) is 2.20. The number of hydrogen-bond acceptors (Lipinski definition) is 5. The first-order valence-corrected chi connectivity index (χ1v) is 4.72. The van der Waals surface area contributed by atoms with E-state index in [1.54, 1.807) is 0 Å². The van der Waals surface area contributed by atoms with Crippen LogP contribution in [-0.4, -0.2) is 34.0 Å². The number of hydrogen-bond donors (Lipinski definition) is 1. The summed E-state index contributed by atoms with van der Waals surface area (Å²) in [5, 5.41) is 11.8. The van der Waals surface area contributed by atoms with Crippen molar-refractivity contribution in [3.63, 3.8) is 0 Å². The molecule has 15 heavy (non-hydrogen) atoms. The average Bonchev–Trinajstić information content (AvgIpc) is 2.30. The van der Waals surface area contributed by atoms with Gasteiger partial charge in [-0.05, 0) is 0 Å². The molecule has 1 aromatic rings. The molecular weight excluding hydrogens is 199 g/mol. The molecule has 0 atom stereocenters. The fraction of sp³-hybridized carbons (Fsp3) is 0.444. The van der Waals surface area contributed by atoms with Crippen LogP contribution in [-0.2, 0) is 0 Å². The molecule has 0 radical (unpaired) electrons. The van der Waals surface area contributed by atoms with Gasteiger partial charge in [0.1, 0.15) is 0 Å². The Bertz CT molecular complexity index is 355. The van der Waals surface area contributed by atoms with E-state index >= 15 is 0 Å². The van der Waals surface area contributed by atoms with E-state index in [2.05, 4.69) is 15.1 Å². The number of anilines is 1. The number of halogens is 1. The van der Waals surface area contributed by atoms with E-state index in [1.165, 1.54) is 0 Å². The highest BCUT2D eigenvalue weighted by atomic mass is 19.1. The maximum atomic E-state index is 12.6. The van der Waals surface area contributed by atoms with Crippen LogP contribution in [0.5, 0.6) is 0 Å². The minimum absolute atomic E-state index is 0.437. The van der Waals surface area contributed by atoms with Gasteiger partial charge in [-0.25, -0.2) is 14.4 Å². The highest BCUT2D eigenvalue weighted by Gasteiger charge is 2.17. The molecule has 5 nitrogen and oxygen atoms in total. The Balaban J connectivity index is 2.04. The fourth-order valence-corrected chi connectivity index (χ4v) is 1.53. The summed E-state index contributed by atoms with van der Waals surface area (Å²) in [5.41, 5.74) is 0.786. The summed E-state index contributed by atoms with van der Waals surface area (Å²) >= 11 is 0. The van der Waals surface area contributed by atoms with Crippen molar-refractivity contribution in [3.8, 4) is 0 Å². The Morgan fingerprint density at radius 1 is 1.27 bits per heavy atom. The van der Waals surface area contributed by atoms with E-state index in [9.17, 15) is 4.39 Å². The van der Waals surface area contributed by atoms with Crippen LogP contribution < -0.4 is 4.90 Å². The molecule has 80 valence electrons. The molecule has 2 heterocycles. The lowest BCUT2D eigenvalue weighted by Gasteiger charge is -2.26. The molecule has 6 heteroatoms. The van der Waals surface area contributed by atoms with Crippen LogP contribution in [0.2, 0.25) is 0 Å². The maximum absolute atomic E-state index is 12.6. The molecule has 1 fully saturated rings. The van der Waals surface area contributed by atoms with Gasteiger partial charge in [0.05, 0.1) is 18.1 Å². The zero-order valence-electron chi connectivity index (χ0n) is 8.10. The normalized spacial score (nSPS) is 16.6. The second kappa shape index (κ2) is 4.20. The summed E-state index contributed by atoms with van der Waals surface area (Å²) in [6, 6.07) is 0. The highest BCUT2D eigenvalue weighted by molar-refractivity contribution is 5.85. The molecule has 1 aliphatic heterocycles. The van der Waals surface area contributed by atoms with Crippen LogP contribution in [0.1, 0.15) is 12.8 Å². The van der Waals surface area contributed by atoms with Gasteiger partial charge in [-0.2, -0.15) is 0 Å². The van der Waals surface area contributed by atoms with Gasteiger partial charge in [0.15, 0.2) is 5.82 Å². The fourth-order valence-electron chi connectivity index (χ4n) is 1.53. The number of aromatic nitrogens is 2. The molecular formula is C9H11FN4O. The third-order valence-corrected chi connectivity index (χ3v) is 2.37. The van der Waals surface area contributed by atoms with Gasteiger partial charge in [-0.15, -0.1) is 0 Å². The number of oxime groups is 1. The minimum Gasteiger partial charge on any atom is -0.411 e. The quantitative estimate of drug-likeness (QED) is 0.556. The summed E-state index contributed by atoms with van der Waals surface area (Å²) in [6.07, 6.45) is 3.68. The first-order valence-electron chi connectivity index (χ1n) is 4.72. The third-order valence-electron chi connectivity index (χ3n) is 2.37. The number of piperidine rings is 1.